The first-order chi connectivity index (χ1) is 15.0. The topological polar surface area (TPSA) is 122 Å². The van der Waals surface area contributed by atoms with Crippen molar-refractivity contribution in [2.75, 3.05) is 5.32 Å². The number of anilines is 1. The zero-order chi connectivity index (χ0) is 23.5. The van der Waals surface area contributed by atoms with Crippen molar-refractivity contribution in [2.24, 2.45) is 5.14 Å². The van der Waals surface area contributed by atoms with Gasteiger partial charge in [0, 0.05) is 5.69 Å². The molecule has 3 aromatic rings. The van der Waals surface area contributed by atoms with Crippen molar-refractivity contribution in [3.05, 3.63) is 83.4 Å². The highest BCUT2D eigenvalue weighted by Gasteiger charge is 2.20. The third-order valence-corrected chi connectivity index (χ3v) is 5.63. The first-order valence-electron chi connectivity index (χ1n) is 9.74. The number of nitrogens with two attached hydrogens (primary N) is 1. The molecule has 0 radical (unpaired) electrons. The van der Waals surface area contributed by atoms with Crippen LogP contribution in [0.5, 0.6) is 11.5 Å². The van der Waals surface area contributed by atoms with Crippen LogP contribution in [0.15, 0.2) is 71.6 Å². The number of primary sulfonamides is 1. The zero-order valence-corrected chi connectivity index (χ0v) is 18.7. The van der Waals surface area contributed by atoms with Crippen LogP contribution in [0.25, 0.3) is 0 Å². The van der Waals surface area contributed by atoms with Crippen LogP contribution >= 0.6 is 0 Å². The molecule has 0 aliphatic carbocycles. The number of rotatable bonds is 5. The average Bonchev–Trinajstić information content (AvgIpc) is 2.73. The molecule has 7 nitrogen and oxygen atoms in total. The van der Waals surface area contributed by atoms with Crippen molar-refractivity contribution in [3.63, 3.8) is 0 Å². The molecule has 32 heavy (non-hydrogen) atoms. The molecule has 0 bridgehead atoms. The van der Waals surface area contributed by atoms with Crippen molar-refractivity contribution >= 4 is 21.6 Å². The molecule has 0 spiro atoms. The smallest absolute Gasteiger partial charge is 0.259 e. The number of hydrogen-bond acceptors (Lipinski definition) is 5. The summed E-state index contributed by atoms with van der Waals surface area (Å²) >= 11 is 0. The fourth-order valence-corrected chi connectivity index (χ4v) is 3.49. The van der Waals surface area contributed by atoms with Crippen molar-refractivity contribution in [2.45, 2.75) is 31.1 Å². The number of amides is 1. The predicted molar refractivity (Wildman–Crippen MR) is 122 cm³/mol. The van der Waals surface area contributed by atoms with Crippen LogP contribution in [0.2, 0.25) is 0 Å². The Kier molecular flexibility index (Phi) is 6.35. The molecule has 3 aromatic carbocycles. The molecule has 0 saturated heterocycles. The van der Waals surface area contributed by atoms with E-state index in [0.29, 0.717) is 17.1 Å². The summed E-state index contributed by atoms with van der Waals surface area (Å²) < 4.78 is 29.2. The van der Waals surface area contributed by atoms with Crippen LogP contribution in [0.1, 0.15) is 42.3 Å². The van der Waals surface area contributed by atoms with E-state index in [4.69, 9.17) is 15.1 Å². The Balaban J connectivity index is 1.97. The second-order valence-corrected chi connectivity index (χ2v) is 9.79. The van der Waals surface area contributed by atoms with Gasteiger partial charge in [-0.2, -0.15) is 5.26 Å². The van der Waals surface area contributed by atoms with Gasteiger partial charge >= 0.3 is 0 Å². The lowest BCUT2D eigenvalue weighted by Crippen LogP contribution is -2.16. The van der Waals surface area contributed by atoms with Crippen LogP contribution in [0, 0.1) is 11.3 Å². The summed E-state index contributed by atoms with van der Waals surface area (Å²) in [6.07, 6.45) is 0. The normalized spacial score (nSPS) is 11.5. The Morgan fingerprint density at radius 1 is 1.03 bits per heavy atom. The fraction of sp³-hybridized carbons (Fsp3) is 0.167. The highest BCUT2D eigenvalue weighted by atomic mass is 32.2. The molecular weight excluding hydrogens is 426 g/mol. The Morgan fingerprint density at radius 2 is 1.72 bits per heavy atom. The maximum Gasteiger partial charge on any atom is 0.259 e. The molecule has 0 aromatic heterocycles. The highest BCUT2D eigenvalue weighted by molar-refractivity contribution is 7.89. The zero-order valence-electron chi connectivity index (χ0n) is 17.9. The summed E-state index contributed by atoms with van der Waals surface area (Å²) in [5, 5.41) is 16.8. The van der Waals surface area contributed by atoms with Crippen LogP contribution < -0.4 is 15.2 Å². The standard InChI is InChI=1S/C24H23N3O4S/c1-24(2,3)17-9-12-21(22(13-17)31-19-10-7-16(15-25)8-11-19)23(28)27-18-5-4-6-20(14-18)32(26,29)30/h4-14H,1-3H3,(H,27,28)(H2,26,29,30). The summed E-state index contributed by atoms with van der Waals surface area (Å²) in [6.45, 7) is 6.14. The molecular formula is C24H23N3O4S. The molecule has 3 N–H and O–H groups in total. The monoisotopic (exact) mass is 449 g/mol. The van der Waals surface area contributed by atoms with Gasteiger partial charge in [0.1, 0.15) is 11.5 Å². The number of carbonyl (C=O) groups excluding carboxylic acids is 1. The molecule has 8 heteroatoms. The first kappa shape index (κ1) is 23.0. The van der Waals surface area contributed by atoms with Gasteiger partial charge in [-0.3, -0.25) is 4.79 Å². The molecule has 0 aliphatic rings. The minimum Gasteiger partial charge on any atom is -0.457 e. The number of nitrogens with zero attached hydrogens (tertiary/aromatic N) is 1. The third kappa shape index (κ3) is 5.52. The Morgan fingerprint density at radius 3 is 2.31 bits per heavy atom. The van der Waals surface area contributed by atoms with Gasteiger partial charge in [0.15, 0.2) is 0 Å². The van der Waals surface area contributed by atoms with E-state index in [-0.39, 0.29) is 21.6 Å². The number of nitriles is 1. The molecule has 0 heterocycles. The highest BCUT2D eigenvalue weighted by Crippen LogP contribution is 2.32. The molecule has 3 rings (SSSR count). The maximum atomic E-state index is 13.0. The van der Waals surface area contributed by atoms with Crippen molar-refractivity contribution in [3.8, 4) is 17.6 Å². The first-order valence-corrected chi connectivity index (χ1v) is 11.3. The minimum atomic E-state index is -3.90. The lowest BCUT2D eigenvalue weighted by Gasteiger charge is -2.21. The van der Waals surface area contributed by atoms with Crippen LogP contribution in [0.4, 0.5) is 5.69 Å². The molecule has 0 saturated carbocycles. The van der Waals surface area contributed by atoms with E-state index in [1.807, 2.05) is 32.9 Å². The van der Waals surface area contributed by atoms with Gasteiger partial charge in [-0.1, -0.05) is 32.9 Å². The summed E-state index contributed by atoms with van der Waals surface area (Å²) in [6, 6.07) is 19.6. The number of nitrogens with one attached hydrogen (secondary N) is 1. The van der Waals surface area contributed by atoms with Crippen LogP contribution in [0.3, 0.4) is 0 Å². The fourth-order valence-electron chi connectivity index (χ4n) is 2.93. The van der Waals surface area contributed by atoms with Gasteiger partial charge < -0.3 is 10.1 Å². The van der Waals surface area contributed by atoms with E-state index >= 15 is 0 Å². The Hall–Kier alpha value is -3.67. The number of hydrogen-bond donors (Lipinski definition) is 2. The van der Waals surface area contributed by atoms with Crippen LogP contribution in [-0.4, -0.2) is 14.3 Å². The van der Waals surface area contributed by atoms with Gasteiger partial charge in [-0.25, -0.2) is 13.6 Å². The Labute approximate surface area is 187 Å². The van der Waals surface area contributed by atoms with E-state index in [2.05, 4.69) is 5.32 Å². The van der Waals surface area contributed by atoms with E-state index in [0.717, 1.165) is 5.56 Å². The molecule has 0 unspecified atom stereocenters. The quantitative estimate of drug-likeness (QED) is 0.592. The van der Waals surface area contributed by atoms with Gasteiger partial charge in [0.25, 0.3) is 5.91 Å². The second kappa shape index (κ2) is 8.83. The number of carbonyl (C=O) groups is 1. The largest absolute Gasteiger partial charge is 0.457 e. The molecule has 164 valence electrons. The summed E-state index contributed by atoms with van der Waals surface area (Å²) in [7, 11) is -3.90. The van der Waals surface area contributed by atoms with Gasteiger partial charge in [-0.05, 0) is 65.6 Å². The minimum absolute atomic E-state index is 0.104. The van der Waals surface area contributed by atoms with E-state index < -0.39 is 15.9 Å². The summed E-state index contributed by atoms with van der Waals surface area (Å²) in [4.78, 5) is 12.9. The number of ether oxygens (including phenoxy) is 1. The number of sulfonamides is 1. The maximum absolute atomic E-state index is 13.0. The molecule has 1 amide bonds. The lowest BCUT2D eigenvalue weighted by molar-refractivity contribution is 0.102. The Bertz CT molecular complexity index is 1300. The van der Waals surface area contributed by atoms with Crippen molar-refractivity contribution < 1.29 is 17.9 Å². The predicted octanol–water partition coefficient (Wildman–Crippen LogP) is 4.55. The average molecular weight is 450 g/mol. The molecule has 0 aliphatic heterocycles. The summed E-state index contributed by atoms with van der Waals surface area (Å²) in [5.41, 5.74) is 1.83. The van der Waals surface area contributed by atoms with Gasteiger partial charge in [0.05, 0.1) is 22.1 Å². The van der Waals surface area contributed by atoms with Crippen LogP contribution in [-0.2, 0) is 15.4 Å². The SMILES string of the molecule is CC(C)(C)c1ccc(C(=O)Nc2cccc(S(N)(=O)=O)c2)c(Oc2ccc(C#N)cc2)c1. The summed E-state index contributed by atoms with van der Waals surface area (Å²) in [5.74, 6) is 0.336. The van der Waals surface area contributed by atoms with E-state index in [1.54, 1.807) is 42.5 Å². The lowest BCUT2D eigenvalue weighted by atomic mass is 9.86. The third-order valence-electron chi connectivity index (χ3n) is 4.72. The second-order valence-electron chi connectivity index (χ2n) is 8.23. The van der Waals surface area contributed by atoms with Gasteiger partial charge in [-0.15, -0.1) is 0 Å². The van der Waals surface area contributed by atoms with E-state index in [1.165, 1.54) is 18.2 Å². The van der Waals surface area contributed by atoms with E-state index in [9.17, 15) is 13.2 Å². The van der Waals surface area contributed by atoms with Crippen molar-refractivity contribution in [1.82, 2.24) is 0 Å². The number of benzene rings is 3. The molecule has 0 fully saturated rings. The van der Waals surface area contributed by atoms with Crippen molar-refractivity contribution in [1.29, 1.82) is 5.26 Å². The van der Waals surface area contributed by atoms with Gasteiger partial charge in [0.2, 0.25) is 10.0 Å². The molecule has 0 atom stereocenters.